The van der Waals surface area contributed by atoms with E-state index >= 15 is 0 Å². The molecule has 0 bridgehead atoms. The van der Waals surface area contributed by atoms with Crippen LogP contribution in [0, 0.1) is 6.92 Å². The third kappa shape index (κ3) is 5.83. The highest BCUT2D eigenvalue weighted by atomic mass is 16.5. The smallest absolute Gasteiger partial charge is 0.268 e. The molecule has 4 N–H and O–H groups in total. The first kappa shape index (κ1) is 26.4. The van der Waals surface area contributed by atoms with Crippen LogP contribution in [0.15, 0.2) is 35.5 Å². The summed E-state index contributed by atoms with van der Waals surface area (Å²) in [6.07, 6.45) is 2.39. The number of pyridine rings is 2. The summed E-state index contributed by atoms with van der Waals surface area (Å²) in [5.41, 5.74) is 9.98. The van der Waals surface area contributed by atoms with E-state index in [9.17, 15) is 14.7 Å². The monoisotopic (exact) mass is 509 g/mol. The quantitative estimate of drug-likeness (QED) is 0.481. The number of rotatable bonds is 8. The van der Waals surface area contributed by atoms with Crippen molar-refractivity contribution in [2.45, 2.75) is 39.8 Å². The van der Waals surface area contributed by atoms with E-state index in [-0.39, 0.29) is 31.4 Å². The van der Waals surface area contributed by atoms with Gasteiger partial charge in [-0.15, -0.1) is 0 Å². The van der Waals surface area contributed by atoms with E-state index in [0.29, 0.717) is 43.3 Å². The number of carbonyl (C=O) groups is 2. The van der Waals surface area contributed by atoms with E-state index in [1.807, 2.05) is 38.0 Å². The fourth-order valence-corrected chi connectivity index (χ4v) is 4.74. The highest BCUT2D eigenvalue weighted by molar-refractivity contribution is 6.00. The van der Waals surface area contributed by atoms with Crippen molar-refractivity contribution in [2.24, 2.45) is 0 Å². The van der Waals surface area contributed by atoms with Gasteiger partial charge in [0.25, 0.3) is 5.91 Å². The number of amides is 2. The Hall–Kier alpha value is -3.70. The lowest BCUT2D eigenvalue weighted by molar-refractivity contribution is -0.130. The highest BCUT2D eigenvalue weighted by Gasteiger charge is 2.31. The topological polar surface area (TPSA) is 137 Å². The van der Waals surface area contributed by atoms with Gasteiger partial charge in [-0.2, -0.15) is 0 Å². The van der Waals surface area contributed by atoms with Gasteiger partial charge in [-0.05, 0) is 49.6 Å². The summed E-state index contributed by atoms with van der Waals surface area (Å²) >= 11 is 0. The van der Waals surface area contributed by atoms with Crippen molar-refractivity contribution >= 4 is 29.1 Å². The lowest BCUT2D eigenvalue weighted by Gasteiger charge is -2.39. The van der Waals surface area contributed by atoms with E-state index in [4.69, 9.17) is 10.5 Å². The maximum absolute atomic E-state index is 13.6. The Morgan fingerprint density at radius 2 is 2.03 bits per heavy atom. The second kappa shape index (κ2) is 11.6. The van der Waals surface area contributed by atoms with Crippen LogP contribution in [-0.4, -0.2) is 71.8 Å². The van der Waals surface area contributed by atoms with E-state index in [0.717, 1.165) is 41.3 Å². The van der Waals surface area contributed by atoms with Crippen LogP contribution in [0.2, 0.25) is 0 Å². The molecule has 0 atom stereocenters. The van der Waals surface area contributed by atoms with Crippen molar-refractivity contribution < 1.29 is 19.4 Å². The van der Waals surface area contributed by atoms with Crippen molar-refractivity contribution in [1.29, 1.82) is 0 Å². The van der Waals surface area contributed by atoms with Crippen LogP contribution in [0.25, 0.3) is 0 Å². The number of carbonyl (C=O) groups excluding carboxylic acids is 2. The van der Waals surface area contributed by atoms with E-state index in [1.165, 1.54) is 0 Å². The molecule has 2 aliphatic rings. The molecule has 0 aliphatic carbocycles. The van der Waals surface area contributed by atoms with Gasteiger partial charge in [0.2, 0.25) is 5.91 Å². The minimum absolute atomic E-state index is 0.0335. The Kier molecular flexibility index (Phi) is 8.24. The number of aliphatic hydroxyl groups is 1. The average molecular weight is 510 g/mol. The summed E-state index contributed by atoms with van der Waals surface area (Å²) < 4.78 is 5.48. The lowest BCUT2D eigenvalue weighted by Crippen LogP contribution is -2.49. The van der Waals surface area contributed by atoms with Crippen LogP contribution < -0.4 is 21.0 Å². The van der Waals surface area contributed by atoms with Crippen LogP contribution in [0.1, 0.15) is 36.6 Å². The SMILES string of the molecule is CC1=C(CC(=O)NCc2c(C)cc(N)nc2CO)C(=O)N(N(C)c2cccnc2N2CCOCC2)CC1. The molecule has 37 heavy (non-hydrogen) atoms. The number of nitrogens with one attached hydrogen (secondary N) is 1. The predicted molar refractivity (Wildman–Crippen MR) is 140 cm³/mol. The number of morpholine rings is 1. The van der Waals surface area contributed by atoms with Crippen LogP contribution in [0.4, 0.5) is 17.3 Å². The average Bonchev–Trinajstić information content (AvgIpc) is 2.90. The molecule has 11 nitrogen and oxygen atoms in total. The molecule has 2 aromatic heterocycles. The molecule has 2 amide bonds. The van der Waals surface area contributed by atoms with Gasteiger partial charge in [0.05, 0.1) is 37.6 Å². The minimum atomic E-state index is -0.276. The van der Waals surface area contributed by atoms with E-state index in [2.05, 4.69) is 20.2 Å². The van der Waals surface area contributed by atoms with Gasteiger partial charge in [0.1, 0.15) is 5.82 Å². The summed E-state index contributed by atoms with van der Waals surface area (Å²) in [5, 5.41) is 16.0. The molecule has 4 rings (SSSR count). The number of aromatic nitrogens is 2. The molecule has 0 unspecified atom stereocenters. The number of ether oxygens (including phenoxy) is 1. The summed E-state index contributed by atoms with van der Waals surface area (Å²) in [7, 11) is 1.85. The van der Waals surface area contributed by atoms with Crippen LogP contribution >= 0.6 is 0 Å². The number of hydrazine groups is 1. The molecule has 0 saturated carbocycles. The molecule has 2 aromatic rings. The highest BCUT2D eigenvalue weighted by Crippen LogP contribution is 2.31. The molecular weight excluding hydrogens is 474 g/mol. The number of aliphatic hydroxyl groups excluding tert-OH is 1. The van der Waals surface area contributed by atoms with Crippen molar-refractivity contribution in [3.05, 3.63) is 52.4 Å². The Morgan fingerprint density at radius 1 is 1.27 bits per heavy atom. The van der Waals surface area contributed by atoms with E-state index in [1.54, 1.807) is 17.3 Å². The zero-order valence-corrected chi connectivity index (χ0v) is 21.7. The largest absolute Gasteiger partial charge is 0.390 e. The molecule has 2 aliphatic heterocycles. The summed E-state index contributed by atoms with van der Waals surface area (Å²) in [6, 6.07) is 5.51. The molecule has 11 heteroatoms. The molecular formula is C26H35N7O4. The summed E-state index contributed by atoms with van der Waals surface area (Å²) in [4.78, 5) is 37.4. The van der Waals surface area contributed by atoms with Gasteiger partial charge in [0.15, 0.2) is 5.82 Å². The van der Waals surface area contributed by atoms with Crippen molar-refractivity contribution in [1.82, 2.24) is 20.3 Å². The Morgan fingerprint density at radius 3 is 2.76 bits per heavy atom. The number of hydrogen-bond acceptors (Lipinski definition) is 9. The van der Waals surface area contributed by atoms with Crippen LogP contribution in [0.3, 0.4) is 0 Å². The number of nitrogen functional groups attached to an aromatic ring is 1. The first-order valence-electron chi connectivity index (χ1n) is 12.4. The van der Waals surface area contributed by atoms with Gasteiger partial charge >= 0.3 is 0 Å². The van der Waals surface area contributed by atoms with E-state index < -0.39 is 0 Å². The van der Waals surface area contributed by atoms with Gasteiger partial charge in [-0.3, -0.25) is 14.6 Å². The Balaban J connectivity index is 1.46. The predicted octanol–water partition coefficient (Wildman–Crippen LogP) is 1.30. The third-order valence-corrected chi connectivity index (χ3v) is 6.90. The van der Waals surface area contributed by atoms with Crippen molar-refractivity contribution in [2.75, 3.05) is 55.5 Å². The molecule has 1 saturated heterocycles. The maximum atomic E-state index is 13.6. The number of aryl methyl sites for hydroxylation is 1. The number of anilines is 3. The fourth-order valence-electron chi connectivity index (χ4n) is 4.74. The molecule has 4 heterocycles. The number of nitrogens with zero attached hydrogens (tertiary/aromatic N) is 5. The van der Waals surface area contributed by atoms with Crippen LogP contribution in [0.5, 0.6) is 0 Å². The second-order valence-corrected chi connectivity index (χ2v) is 9.31. The molecule has 1 fully saturated rings. The molecule has 0 radical (unpaired) electrons. The molecule has 198 valence electrons. The minimum Gasteiger partial charge on any atom is -0.390 e. The lowest BCUT2D eigenvalue weighted by atomic mass is 9.98. The molecule has 0 spiro atoms. The number of hydrogen-bond donors (Lipinski definition) is 3. The first-order valence-corrected chi connectivity index (χ1v) is 12.4. The van der Waals surface area contributed by atoms with Gasteiger partial charge in [0, 0.05) is 45.0 Å². The Bertz CT molecular complexity index is 1190. The second-order valence-electron chi connectivity index (χ2n) is 9.31. The normalized spacial score (nSPS) is 16.3. The zero-order chi connectivity index (χ0) is 26.5. The number of nitrogens with two attached hydrogens (primary N) is 1. The zero-order valence-electron chi connectivity index (χ0n) is 21.7. The van der Waals surface area contributed by atoms with Crippen molar-refractivity contribution in [3.8, 4) is 0 Å². The van der Waals surface area contributed by atoms with Crippen LogP contribution in [-0.2, 0) is 27.5 Å². The fraction of sp³-hybridized carbons (Fsp3) is 0.462. The molecule has 0 aromatic carbocycles. The Labute approximate surface area is 216 Å². The third-order valence-electron chi connectivity index (χ3n) is 6.90. The summed E-state index contributed by atoms with van der Waals surface area (Å²) in [6.45, 7) is 6.92. The first-order chi connectivity index (χ1) is 17.8. The van der Waals surface area contributed by atoms with Gasteiger partial charge in [-0.25, -0.2) is 15.0 Å². The van der Waals surface area contributed by atoms with Crippen molar-refractivity contribution in [3.63, 3.8) is 0 Å². The van der Waals surface area contributed by atoms with Gasteiger partial charge in [-0.1, -0.05) is 5.57 Å². The standard InChI is InChI=1S/C26H35N7O4/c1-17-6-8-33(31(3)22-5-4-7-28-25(22)32-9-11-37-12-10-32)26(36)19(17)14-24(35)29-15-20-18(2)13-23(27)30-21(20)16-34/h4-5,7,13,34H,6,8-12,14-16H2,1-3H3,(H2,27,30)(H,29,35). The van der Waals surface area contributed by atoms with Gasteiger partial charge < -0.3 is 25.8 Å². The summed E-state index contributed by atoms with van der Waals surface area (Å²) in [5.74, 6) is 0.654. The maximum Gasteiger partial charge on any atom is 0.268 e.